The number of aliphatic hydroxyl groups is 1. The molecule has 45 heavy (non-hydrogen) atoms. The minimum atomic E-state index is -0.835. The van der Waals surface area contributed by atoms with Crippen molar-refractivity contribution >= 4 is 40.9 Å². The Kier molecular flexibility index (Phi) is 9.66. The lowest BCUT2D eigenvalue weighted by molar-refractivity contribution is -0.142. The Morgan fingerprint density at radius 1 is 1.07 bits per heavy atom. The molecule has 0 aliphatic carbocycles. The third-order valence-electron chi connectivity index (χ3n) is 9.93. The zero-order chi connectivity index (χ0) is 32.6. The summed E-state index contributed by atoms with van der Waals surface area (Å²) in [6, 6.07) is 14.2. The number of anilines is 2. The number of nitrogens with zero attached hydrogens (tertiary/aromatic N) is 3. The van der Waals surface area contributed by atoms with Crippen molar-refractivity contribution in [2.24, 2.45) is 23.7 Å². The lowest BCUT2D eigenvalue weighted by Crippen LogP contribution is -2.59. The van der Waals surface area contributed by atoms with Crippen LogP contribution in [0.2, 0.25) is 0 Å². The number of hydrogen-bond acceptors (Lipinski definition) is 5. The predicted molar refractivity (Wildman–Crippen MR) is 183 cm³/mol. The van der Waals surface area contributed by atoms with E-state index in [0.29, 0.717) is 13.0 Å². The van der Waals surface area contributed by atoms with Gasteiger partial charge in [-0.05, 0) is 67.9 Å². The van der Waals surface area contributed by atoms with Crippen molar-refractivity contribution in [3.05, 3.63) is 85.0 Å². The second-order valence-electron chi connectivity index (χ2n) is 13.4. The van der Waals surface area contributed by atoms with E-state index >= 15 is 4.79 Å². The van der Waals surface area contributed by atoms with Crippen molar-refractivity contribution in [1.82, 2.24) is 4.90 Å². The number of thioether (sulfide) groups is 1. The number of fused-ring (bicyclic) bond motifs is 1. The van der Waals surface area contributed by atoms with E-state index in [9.17, 15) is 14.7 Å². The van der Waals surface area contributed by atoms with Gasteiger partial charge in [-0.2, -0.15) is 0 Å². The quantitative estimate of drug-likeness (QED) is 0.301. The molecule has 5 rings (SSSR count). The molecule has 3 amide bonds. The van der Waals surface area contributed by atoms with Gasteiger partial charge in [0.2, 0.25) is 11.8 Å². The van der Waals surface area contributed by atoms with E-state index in [1.54, 1.807) is 38.6 Å². The van der Waals surface area contributed by atoms with E-state index in [0.717, 1.165) is 28.9 Å². The molecule has 1 spiro atoms. The van der Waals surface area contributed by atoms with E-state index < -0.39 is 28.7 Å². The molecule has 3 aliphatic heterocycles. The Hall–Kier alpha value is -3.36. The van der Waals surface area contributed by atoms with Crippen molar-refractivity contribution < 1.29 is 19.5 Å². The number of para-hydroxylation sites is 1. The summed E-state index contributed by atoms with van der Waals surface area (Å²) < 4.78 is -0.808. The zero-order valence-electron chi connectivity index (χ0n) is 27.2. The maximum absolute atomic E-state index is 15.1. The highest BCUT2D eigenvalue weighted by Crippen LogP contribution is 2.69. The van der Waals surface area contributed by atoms with Crippen LogP contribution < -0.4 is 9.80 Å². The van der Waals surface area contributed by atoms with Crippen LogP contribution in [-0.4, -0.2) is 69.5 Å². The average Bonchev–Trinajstić information content (AvgIpc) is 3.62. The van der Waals surface area contributed by atoms with E-state index in [1.807, 2.05) is 62.4 Å². The number of amides is 3. The lowest BCUT2D eigenvalue weighted by Gasteiger charge is -2.42. The second kappa shape index (κ2) is 13.2. The Labute approximate surface area is 272 Å². The fourth-order valence-corrected chi connectivity index (χ4v) is 10.5. The van der Waals surface area contributed by atoms with Crippen molar-refractivity contribution in [3.8, 4) is 0 Å². The van der Waals surface area contributed by atoms with Gasteiger partial charge in [0.25, 0.3) is 5.91 Å². The maximum Gasteiger partial charge on any atom is 0.251 e. The van der Waals surface area contributed by atoms with Gasteiger partial charge in [-0.15, -0.1) is 24.9 Å². The minimum absolute atomic E-state index is 0.0107. The summed E-state index contributed by atoms with van der Waals surface area (Å²) in [5, 5.41) is 10.6. The van der Waals surface area contributed by atoms with Crippen molar-refractivity contribution in [3.63, 3.8) is 0 Å². The molecular formula is C37H47N3O4S. The molecule has 1 N–H and O–H groups in total. The molecule has 3 unspecified atom stereocenters. The van der Waals surface area contributed by atoms with E-state index in [2.05, 4.69) is 33.9 Å². The highest BCUT2D eigenvalue weighted by atomic mass is 32.2. The molecule has 3 aliphatic rings. The van der Waals surface area contributed by atoms with Gasteiger partial charge in [-0.1, -0.05) is 63.3 Å². The molecular weight excluding hydrogens is 582 g/mol. The first-order valence-corrected chi connectivity index (χ1v) is 17.0. The standard InChI is InChI=1S/C37H47N3O4S/c1-8-17-38(27-13-11-10-12-14-27)34(42)31-30-21-26(7)37(45-30)32(31)35(43)40(28(22-41)19-23(3)4)33(37)36(44)39(18-9-2)29-20-24(5)15-16-25(29)6/h8-16,20,23,26,28,30-33,41H,1-2,17-19,21-22H2,3-7H3/t26?,28-,30+,31-,32+,33?,37?/m1/s1. The van der Waals surface area contributed by atoms with Gasteiger partial charge >= 0.3 is 0 Å². The molecule has 3 heterocycles. The molecule has 3 saturated heterocycles. The molecule has 0 aromatic heterocycles. The number of carbonyl (C=O) groups excluding carboxylic acids is 3. The van der Waals surface area contributed by atoms with Gasteiger partial charge in [-0.25, -0.2) is 0 Å². The second-order valence-corrected chi connectivity index (χ2v) is 14.9. The van der Waals surface area contributed by atoms with Gasteiger partial charge in [0.1, 0.15) is 6.04 Å². The normalized spacial score (nSPS) is 27.4. The predicted octanol–water partition coefficient (Wildman–Crippen LogP) is 5.79. The van der Waals surface area contributed by atoms with Crippen LogP contribution in [0.15, 0.2) is 73.8 Å². The molecule has 2 bridgehead atoms. The topological polar surface area (TPSA) is 81.2 Å². The molecule has 8 heteroatoms. The third kappa shape index (κ3) is 5.54. The number of rotatable bonds is 12. The van der Waals surface area contributed by atoms with Crippen LogP contribution in [0.5, 0.6) is 0 Å². The third-order valence-corrected chi connectivity index (χ3v) is 12.0. The molecule has 240 valence electrons. The van der Waals surface area contributed by atoms with Crippen LogP contribution >= 0.6 is 11.8 Å². The minimum Gasteiger partial charge on any atom is -0.394 e. The summed E-state index contributed by atoms with van der Waals surface area (Å²) in [5.41, 5.74) is 3.52. The number of benzene rings is 2. The fourth-order valence-electron chi connectivity index (χ4n) is 8.07. The van der Waals surface area contributed by atoms with E-state index in [-0.39, 0.29) is 48.0 Å². The Balaban J connectivity index is 1.66. The monoisotopic (exact) mass is 629 g/mol. The van der Waals surface area contributed by atoms with Crippen LogP contribution in [0, 0.1) is 37.5 Å². The van der Waals surface area contributed by atoms with Gasteiger partial charge in [-0.3, -0.25) is 14.4 Å². The molecule has 7 nitrogen and oxygen atoms in total. The number of hydrogen-bond donors (Lipinski definition) is 1. The molecule has 0 radical (unpaired) electrons. The van der Waals surface area contributed by atoms with E-state index in [1.165, 1.54) is 0 Å². The summed E-state index contributed by atoms with van der Waals surface area (Å²) in [4.78, 5) is 49.8. The molecule has 3 fully saturated rings. The average molecular weight is 630 g/mol. The van der Waals surface area contributed by atoms with Gasteiger partial charge in [0.05, 0.1) is 29.2 Å². The van der Waals surface area contributed by atoms with Gasteiger partial charge in [0.15, 0.2) is 0 Å². The zero-order valence-corrected chi connectivity index (χ0v) is 28.0. The van der Waals surface area contributed by atoms with Crippen LogP contribution in [0.1, 0.15) is 44.7 Å². The number of carbonyl (C=O) groups is 3. The lowest BCUT2D eigenvalue weighted by atomic mass is 9.65. The molecule has 2 aromatic carbocycles. The smallest absolute Gasteiger partial charge is 0.251 e. The highest BCUT2D eigenvalue weighted by Gasteiger charge is 2.77. The fraction of sp³-hybridized carbons (Fsp3) is 0.486. The molecule has 2 aromatic rings. The summed E-state index contributed by atoms with van der Waals surface area (Å²) in [6.07, 6.45) is 4.71. The first-order valence-electron chi connectivity index (χ1n) is 16.1. The van der Waals surface area contributed by atoms with Crippen molar-refractivity contribution in [2.45, 2.75) is 69.5 Å². The van der Waals surface area contributed by atoms with Crippen molar-refractivity contribution in [1.29, 1.82) is 0 Å². The Bertz CT molecular complexity index is 1460. The Morgan fingerprint density at radius 3 is 2.36 bits per heavy atom. The largest absolute Gasteiger partial charge is 0.394 e. The highest BCUT2D eigenvalue weighted by molar-refractivity contribution is 8.02. The van der Waals surface area contributed by atoms with Gasteiger partial charge < -0.3 is 19.8 Å². The van der Waals surface area contributed by atoms with Crippen LogP contribution in [0.3, 0.4) is 0 Å². The first kappa shape index (κ1) is 33.0. The number of aryl methyl sites for hydroxylation is 2. The van der Waals surface area contributed by atoms with Gasteiger partial charge in [0, 0.05) is 29.7 Å². The molecule has 7 atom stereocenters. The summed E-state index contributed by atoms with van der Waals surface area (Å²) in [7, 11) is 0. The molecule has 0 saturated carbocycles. The van der Waals surface area contributed by atoms with Crippen molar-refractivity contribution in [2.75, 3.05) is 29.5 Å². The van der Waals surface area contributed by atoms with Crippen LogP contribution in [-0.2, 0) is 14.4 Å². The number of aliphatic hydroxyl groups excluding tert-OH is 1. The first-order chi connectivity index (χ1) is 21.5. The van der Waals surface area contributed by atoms with E-state index in [4.69, 9.17) is 0 Å². The number of likely N-dealkylation sites (tertiary alicyclic amines) is 1. The van der Waals surface area contributed by atoms with Crippen LogP contribution in [0.25, 0.3) is 0 Å². The summed E-state index contributed by atoms with van der Waals surface area (Å²) in [5.74, 6) is -1.56. The summed E-state index contributed by atoms with van der Waals surface area (Å²) in [6.45, 7) is 18.4. The maximum atomic E-state index is 15.1. The SMILES string of the molecule is C=CCN(C(=O)[C@@H]1[C@@H]2CC(C)C3(S2)C(C(=O)N(CC=C)c2cc(C)ccc2C)N([C@@H](CO)CC(C)C)C(=O)[C@H]13)c1ccccc1. The van der Waals surface area contributed by atoms with Crippen LogP contribution in [0.4, 0.5) is 11.4 Å². The summed E-state index contributed by atoms with van der Waals surface area (Å²) >= 11 is 1.66. The Morgan fingerprint density at radius 2 is 1.73 bits per heavy atom.